The van der Waals surface area contributed by atoms with Gasteiger partial charge in [-0.3, -0.25) is 0 Å². The van der Waals surface area contributed by atoms with Gasteiger partial charge in [0, 0.05) is 19.7 Å². The Morgan fingerprint density at radius 1 is 1.35 bits per heavy atom. The quantitative estimate of drug-likeness (QED) is 0.819. The molecular formula is C14H20N2O. The third-order valence-electron chi connectivity index (χ3n) is 2.54. The topological polar surface area (TPSA) is 45.0 Å². The van der Waals surface area contributed by atoms with Gasteiger partial charge in [-0.2, -0.15) is 5.26 Å². The van der Waals surface area contributed by atoms with Crippen LogP contribution in [-0.2, 0) is 11.3 Å². The number of hydrogen-bond acceptors (Lipinski definition) is 3. The third-order valence-corrected chi connectivity index (χ3v) is 2.54. The Hall–Kier alpha value is -1.37. The molecule has 0 heterocycles. The first kappa shape index (κ1) is 13.7. The van der Waals surface area contributed by atoms with E-state index in [2.05, 4.69) is 25.2 Å². The maximum atomic E-state index is 8.96. The average molecular weight is 232 g/mol. The fraction of sp³-hybridized carbons (Fsp3) is 0.500. The Kier molecular flexibility index (Phi) is 5.14. The van der Waals surface area contributed by atoms with Gasteiger partial charge in [-0.05, 0) is 32.4 Å². The highest BCUT2D eigenvalue weighted by Gasteiger charge is 2.16. The molecule has 1 aromatic carbocycles. The summed E-state index contributed by atoms with van der Waals surface area (Å²) in [7, 11) is 0. The Balaban J connectivity index is 2.49. The largest absolute Gasteiger partial charge is 0.375 e. The molecule has 0 saturated carbocycles. The van der Waals surface area contributed by atoms with Gasteiger partial charge >= 0.3 is 0 Å². The predicted octanol–water partition coefficient (Wildman–Crippen LogP) is 2.46. The number of hydrogen-bond donors (Lipinski definition) is 1. The molecule has 0 unspecified atom stereocenters. The highest BCUT2D eigenvalue weighted by atomic mass is 16.5. The van der Waals surface area contributed by atoms with E-state index in [1.807, 2.05) is 31.2 Å². The highest BCUT2D eigenvalue weighted by Crippen LogP contribution is 2.09. The standard InChI is InChI=1S/C14H20N2O/c1-4-17-14(2,3)11-16-10-13-8-6-5-7-12(13)9-15/h5-8,16H,4,10-11H2,1-3H3. The first-order chi connectivity index (χ1) is 8.09. The van der Waals surface area contributed by atoms with E-state index >= 15 is 0 Å². The van der Waals surface area contributed by atoms with Crippen molar-refractivity contribution in [3.8, 4) is 6.07 Å². The van der Waals surface area contributed by atoms with Crippen molar-refractivity contribution in [2.75, 3.05) is 13.2 Å². The SMILES string of the molecule is CCOC(C)(C)CNCc1ccccc1C#N. The maximum absolute atomic E-state index is 8.96. The van der Waals surface area contributed by atoms with Crippen molar-refractivity contribution in [1.29, 1.82) is 5.26 Å². The van der Waals surface area contributed by atoms with Crippen LogP contribution in [0.1, 0.15) is 31.9 Å². The van der Waals surface area contributed by atoms with Crippen molar-refractivity contribution < 1.29 is 4.74 Å². The number of benzene rings is 1. The molecular weight excluding hydrogens is 212 g/mol. The van der Waals surface area contributed by atoms with Crippen LogP contribution in [0.4, 0.5) is 0 Å². The molecule has 3 heteroatoms. The molecule has 0 atom stereocenters. The summed E-state index contributed by atoms with van der Waals surface area (Å²) < 4.78 is 5.60. The molecule has 0 fully saturated rings. The lowest BCUT2D eigenvalue weighted by atomic mass is 10.1. The zero-order chi connectivity index (χ0) is 12.7. The maximum Gasteiger partial charge on any atom is 0.0995 e. The van der Waals surface area contributed by atoms with Crippen LogP contribution in [0.25, 0.3) is 0 Å². The Labute approximate surface area is 103 Å². The van der Waals surface area contributed by atoms with Gasteiger partial charge in [-0.25, -0.2) is 0 Å². The van der Waals surface area contributed by atoms with Gasteiger partial charge < -0.3 is 10.1 Å². The van der Waals surface area contributed by atoms with Gasteiger partial charge in [0.2, 0.25) is 0 Å². The van der Waals surface area contributed by atoms with Crippen LogP contribution >= 0.6 is 0 Å². The van der Waals surface area contributed by atoms with Crippen molar-refractivity contribution in [3.05, 3.63) is 35.4 Å². The zero-order valence-corrected chi connectivity index (χ0v) is 10.8. The summed E-state index contributed by atoms with van der Waals surface area (Å²) in [6, 6.07) is 9.84. The van der Waals surface area contributed by atoms with Crippen LogP contribution in [0.15, 0.2) is 24.3 Å². The van der Waals surface area contributed by atoms with Crippen LogP contribution in [0.3, 0.4) is 0 Å². The molecule has 17 heavy (non-hydrogen) atoms. The van der Waals surface area contributed by atoms with E-state index in [9.17, 15) is 0 Å². The molecule has 0 aliphatic rings. The van der Waals surface area contributed by atoms with Crippen LogP contribution in [0.5, 0.6) is 0 Å². The molecule has 0 spiro atoms. The van der Waals surface area contributed by atoms with E-state index in [0.29, 0.717) is 13.2 Å². The third kappa shape index (κ3) is 4.56. The van der Waals surface area contributed by atoms with Crippen molar-refractivity contribution in [1.82, 2.24) is 5.32 Å². The van der Waals surface area contributed by atoms with E-state index in [1.165, 1.54) is 0 Å². The van der Waals surface area contributed by atoms with Crippen LogP contribution in [0, 0.1) is 11.3 Å². The molecule has 0 aliphatic carbocycles. The Morgan fingerprint density at radius 3 is 2.71 bits per heavy atom. The lowest BCUT2D eigenvalue weighted by Crippen LogP contribution is -2.37. The second kappa shape index (κ2) is 6.39. The van der Waals surface area contributed by atoms with Crippen molar-refractivity contribution >= 4 is 0 Å². The molecule has 0 bridgehead atoms. The summed E-state index contributed by atoms with van der Waals surface area (Å²) in [6.07, 6.45) is 0. The number of rotatable bonds is 6. The first-order valence-corrected chi connectivity index (χ1v) is 5.92. The fourth-order valence-corrected chi connectivity index (χ4v) is 1.72. The molecule has 3 nitrogen and oxygen atoms in total. The van der Waals surface area contributed by atoms with Gasteiger partial charge in [-0.15, -0.1) is 0 Å². The Morgan fingerprint density at radius 2 is 2.06 bits per heavy atom. The highest BCUT2D eigenvalue weighted by molar-refractivity contribution is 5.37. The van der Waals surface area contributed by atoms with E-state index in [4.69, 9.17) is 10.00 Å². The van der Waals surface area contributed by atoms with Gasteiger partial charge in [0.25, 0.3) is 0 Å². The normalized spacial score (nSPS) is 11.2. The smallest absolute Gasteiger partial charge is 0.0995 e. The molecule has 1 rings (SSSR count). The number of nitrogens with one attached hydrogen (secondary N) is 1. The van der Waals surface area contributed by atoms with Crippen molar-refractivity contribution in [3.63, 3.8) is 0 Å². The summed E-state index contributed by atoms with van der Waals surface area (Å²) >= 11 is 0. The molecule has 1 aromatic rings. The second-order valence-corrected chi connectivity index (χ2v) is 4.57. The van der Waals surface area contributed by atoms with E-state index in [1.54, 1.807) is 0 Å². The van der Waals surface area contributed by atoms with Crippen molar-refractivity contribution in [2.24, 2.45) is 0 Å². The first-order valence-electron chi connectivity index (χ1n) is 5.92. The van der Waals surface area contributed by atoms with E-state index in [0.717, 1.165) is 17.7 Å². The van der Waals surface area contributed by atoms with Gasteiger partial charge in [0.15, 0.2) is 0 Å². The second-order valence-electron chi connectivity index (χ2n) is 4.57. The minimum Gasteiger partial charge on any atom is -0.375 e. The summed E-state index contributed by atoms with van der Waals surface area (Å²) in [4.78, 5) is 0. The molecule has 0 radical (unpaired) electrons. The monoisotopic (exact) mass is 232 g/mol. The molecule has 0 amide bonds. The lowest BCUT2D eigenvalue weighted by molar-refractivity contribution is -0.00897. The summed E-state index contributed by atoms with van der Waals surface area (Å²) in [6.45, 7) is 8.27. The Bertz CT molecular complexity index is 393. The van der Waals surface area contributed by atoms with E-state index < -0.39 is 0 Å². The molecule has 0 aromatic heterocycles. The van der Waals surface area contributed by atoms with Crippen molar-refractivity contribution in [2.45, 2.75) is 32.9 Å². The van der Waals surface area contributed by atoms with Gasteiger partial charge in [-0.1, -0.05) is 18.2 Å². The minimum atomic E-state index is -0.170. The van der Waals surface area contributed by atoms with Crippen LogP contribution in [-0.4, -0.2) is 18.8 Å². The van der Waals surface area contributed by atoms with Crippen LogP contribution in [0.2, 0.25) is 0 Å². The fourth-order valence-electron chi connectivity index (χ4n) is 1.72. The molecule has 92 valence electrons. The number of nitrogens with zero attached hydrogens (tertiary/aromatic N) is 1. The predicted molar refractivity (Wildman–Crippen MR) is 68.6 cm³/mol. The molecule has 1 N–H and O–H groups in total. The number of nitriles is 1. The zero-order valence-electron chi connectivity index (χ0n) is 10.8. The molecule has 0 aliphatic heterocycles. The van der Waals surface area contributed by atoms with Gasteiger partial charge in [0.05, 0.1) is 17.2 Å². The van der Waals surface area contributed by atoms with Gasteiger partial charge in [0.1, 0.15) is 0 Å². The lowest BCUT2D eigenvalue weighted by Gasteiger charge is -2.25. The summed E-state index contributed by atoms with van der Waals surface area (Å²) in [5.41, 5.74) is 1.59. The summed E-state index contributed by atoms with van der Waals surface area (Å²) in [5, 5.41) is 12.3. The number of ether oxygens (including phenoxy) is 1. The van der Waals surface area contributed by atoms with E-state index in [-0.39, 0.29) is 5.60 Å². The van der Waals surface area contributed by atoms with Crippen LogP contribution < -0.4 is 5.32 Å². The summed E-state index contributed by atoms with van der Waals surface area (Å²) in [5.74, 6) is 0. The average Bonchev–Trinajstić information content (AvgIpc) is 2.29. The minimum absolute atomic E-state index is 0.170. The molecule has 0 saturated heterocycles.